The summed E-state index contributed by atoms with van der Waals surface area (Å²) in [5.74, 6) is 0. The van der Waals surface area contributed by atoms with Crippen LogP contribution in [0.4, 0.5) is 0 Å². The van der Waals surface area contributed by atoms with Gasteiger partial charge in [0.2, 0.25) is 0 Å². The fourth-order valence-corrected chi connectivity index (χ4v) is 16.9. The Hall–Kier alpha value is -7.20. The van der Waals surface area contributed by atoms with Gasteiger partial charge in [-0.15, -0.1) is 0 Å². The molecule has 8 aromatic rings. The minimum absolute atomic E-state index is 0.569. The maximum Gasteiger partial charge on any atom is 0.0701 e. The molecule has 0 amide bonds. The van der Waals surface area contributed by atoms with Crippen LogP contribution in [0.25, 0.3) is 0 Å². The monoisotopic (exact) mass is 1750 g/mol. The molecule has 128 heavy (non-hydrogen) atoms. The van der Waals surface area contributed by atoms with E-state index < -0.39 is 0 Å². The molecule has 2 saturated heterocycles. The lowest BCUT2D eigenvalue weighted by molar-refractivity contribution is 0.0498. The molecule has 36 aliphatic rings. The number of hydrogen-bond acceptors (Lipinski definition) is 24. The highest BCUT2D eigenvalue weighted by molar-refractivity contribution is 5.29. The van der Waals surface area contributed by atoms with Crippen LogP contribution in [0.3, 0.4) is 0 Å². The van der Waals surface area contributed by atoms with Crippen LogP contribution in [0.15, 0.2) is 194 Å². The molecule has 44 rings (SSSR count). The van der Waals surface area contributed by atoms with Gasteiger partial charge in [0, 0.05) is 262 Å². The summed E-state index contributed by atoms with van der Waals surface area (Å²) < 4.78 is 48.5. The van der Waals surface area contributed by atoms with Gasteiger partial charge >= 0.3 is 0 Å². The first-order valence-electron chi connectivity index (χ1n) is 48.1. The molecule has 8 aromatic carbocycles. The normalized spacial score (nSPS) is 24.5. The zero-order valence-electron chi connectivity index (χ0n) is 76.9. The summed E-state index contributed by atoms with van der Waals surface area (Å²) in [5.41, 5.74) is 20.8. The maximum absolute atomic E-state index is 6.06. The molecular formula is C104H152N16O8. The molecule has 36 heterocycles. The van der Waals surface area contributed by atoms with Crippen molar-refractivity contribution in [3.63, 3.8) is 0 Å². The molecule has 2 fully saturated rings. The van der Waals surface area contributed by atoms with E-state index in [2.05, 4.69) is 276 Å². The topological polar surface area (TPSA) is 196 Å². The molecule has 36 aliphatic heterocycles. The molecule has 24 bridgehead atoms. The van der Waals surface area contributed by atoms with Crippen molar-refractivity contribution in [2.75, 3.05) is 263 Å². The van der Waals surface area contributed by atoms with E-state index in [1.165, 1.54) is 89.0 Å². The van der Waals surface area contributed by atoms with Crippen LogP contribution in [0.2, 0.25) is 0 Å². The van der Waals surface area contributed by atoms with Crippen molar-refractivity contribution in [3.05, 3.63) is 283 Å². The Morgan fingerprint density at radius 3 is 0.320 bits per heavy atom. The van der Waals surface area contributed by atoms with E-state index in [0.717, 1.165) is 262 Å². The van der Waals surface area contributed by atoms with E-state index in [1.54, 1.807) is 0 Å². The number of benzene rings is 8. The van der Waals surface area contributed by atoms with E-state index in [4.69, 9.17) is 37.9 Å². The van der Waals surface area contributed by atoms with Crippen LogP contribution >= 0.6 is 0 Å². The molecule has 0 atom stereocenters. The molecule has 0 unspecified atom stereocenters. The number of hydrogen-bond donors (Lipinski definition) is 8. The van der Waals surface area contributed by atoms with Gasteiger partial charge in [0.15, 0.2) is 0 Å². The second-order valence-electron chi connectivity index (χ2n) is 35.1. The Kier molecular flexibility index (Phi) is 45.6. The summed E-state index contributed by atoms with van der Waals surface area (Å²) in [6.45, 7) is 44.3. The van der Waals surface area contributed by atoms with Crippen LogP contribution in [0, 0.1) is 0 Å². The minimum Gasteiger partial charge on any atom is -0.378 e. The highest BCUT2D eigenvalue weighted by Gasteiger charge is 2.23. The van der Waals surface area contributed by atoms with Crippen molar-refractivity contribution in [3.8, 4) is 0 Å². The fourth-order valence-electron chi connectivity index (χ4n) is 16.9. The Labute approximate surface area is 766 Å². The number of nitrogens with zero attached hydrogens (tertiary/aromatic N) is 8. The summed E-state index contributed by atoms with van der Waals surface area (Å²) in [5, 5.41) is 29.1. The van der Waals surface area contributed by atoms with Crippen LogP contribution in [0.5, 0.6) is 0 Å². The summed E-state index contributed by atoms with van der Waals surface area (Å²) >= 11 is 0. The highest BCUT2D eigenvalue weighted by Crippen LogP contribution is 2.21. The van der Waals surface area contributed by atoms with Crippen molar-refractivity contribution in [2.24, 2.45) is 0 Å². The van der Waals surface area contributed by atoms with Crippen LogP contribution in [-0.2, 0) is 143 Å². The van der Waals surface area contributed by atoms with Crippen LogP contribution in [0.1, 0.15) is 89.0 Å². The van der Waals surface area contributed by atoms with Crippen LogP contribution < -0.4 is 42.5 Å². The third-order valence-corrected chi connectivity index (χ3v) is 24.8. The third-order valence-electron chi connectivity index (χ3n) is 24.8. The SMILES string of the molecule is c1cc2ccc1CNCCOCCOCCNCc1ccc(cc1)CN1CCN3CCN4CCN(CC1)Cc1ccc(cc1)CNCCOCCOCCNCc1ccc(cc1)CN1CCN(CCN(CCN(CC1)Cc1ccc(cc1)CNCCOCCOCCNCc1ccc(cc1)C4)Cc1ccc(cc1)CNCCOCCOCCNCc1ccc(cc1)C3)C2. The van der Waals surface area contributed by atoms with Gasteiger partial charge in [0.1, 0.15) is 0 Å². The summed E-state index contributed by atoms with van der Waals surface area (Å²) in [7, 11) is 0. The Balaban J connectivity index is 0.751. The molecule has 8 N–H and O–H groups in total. The van der Waals surface area contributed by atoms with Crippen molar-refractivity contribution in [1.29, 1.82) is 0 Å². The lowest BCUT2D eigenvalue weighted by atomic mass is 10.1. The molecule has 24 heteroatoms. The standard InChI is InChI=1S/C104H152N16O8/c1-17-97-18-2-89(1)73-105-33-57-121-65-66-122-58-34-106-76-92-9-25-101(26-10-92)85-117-49-51-118-53-55-120-56-54-119(52-50-117)87-103-29-13-95(14-30-103)79-111-39-63-127-70-68-124-60-36-108-75-91-5-21-99(22-6-91)83-115-44-42-113(81-97)41-43-114(82-98-19-3-90(4-20-98)74-107-35-59-123-67-69-126-62-38-110-78-94-11-27-102(86-118)28-12-94)45-47-116(48-46-115)84-100-23-7-93(8-24-100)77-109-37-61-125-71-72-128-64-40-112-80-96-15-31-104(88-120)32-16-96/h1-32,105-112H,33-88H2. The maximum atomic E-state index is 6.06. The van der Waals surface area contributed by atoms with E-state index >= 15 is 0 Å². The summed E-state index contributed by atoms with van der Waals surface area (Å²) in [4.78, 5) is 21.6. The quantitative estimate of drug-likeness (QED) is 0.0716. The molecule has 0 aromatic heterocycles. The Morgan fingerprint density at radius 1 is 0.125 bits per heavy atom. The Morgan fingerprint density at radius 2 is 0.219 bits per heavy atom. The van der Waals surface area contributed by atoms with Crippen molar-refractivity contribution >= 4 is 0 Å². The van der Waals surface area contributed by atoms with Gasteiger partial charge in [0.25, 0.3) is 0 Å². The molecule has 696 valence electrons. The molecule has 0 radical (unpaired) electrons. The fraction of sp³-hybridized carbons (Fsp3) is 0.538. The predicted octanol–water partition coefficient (Wildman–Crippen LogP) is 8.92. The van der Waals surface area contributed by atoms with E-state index in [0.29, 0.717) is 106 Å². The van der Waals surface area contributed by atoms with E-state index in [-0.39, 0.29) is 0 Å². The first-order chi connectivity index (χ1) is 63.4. The lowest BCUT2D eigenvalue weighted by Crippen LogP contribution is -2.45. The summed E-state index contributed by atoms with van der Waals surface area (Å²) in [6, 6.07) is 74.3. The Bertz CT molecular complexity index is 3360. The van der Waals surface area contributed by atoms with Gasteiger partial charge in [-0.25, -0.2) is 0 Å². The molecule has 0 aliphatic carbocycles. The van der Waals surface area contributed by atoms with Gasteiger partial charge in [0.05, 0.1) is 106 Å². The smallest absolute Gasteiger partial charge is 0.0701 e. The number of ether oxygens (including phenoxy) is 8. The first-order valence-corrected chi connectivity index (χ1v) is 48.1. The van der Waals surface area contributed by atoms with Gasteiger partial charge in [-0.3, -0.25) is 39.2 Å². The van der Waals surface area contributed by atoms with Gasteiger partial charge in [-0.1, -0.05) is 194 Å². The molecular weight excluding hydrogens is 1600 g/mol. The lowest BCUT2D eigenvalue weighted by Gasteiger charge is -2.34. The third kappa shape index (κ3) is 39.3. The van der Waals surface area contributed by atoms with E-state index in [1.807, 2.05) is 0 Å². The van der Waals surface area contributed by atoms with Gasteiger partial charge in [-0.2, -0.15) is 0 Å². The van der Waals surface area contributed by atoms with Crippen molar-refractivity contribution in [1.82, 2.24) is 81.7 Å². The minimum atomic E-state index is 0.569. The second kappa shape index (κ2) is 59.3. The predicted molar refractivity (Wildman–Crippen MR) is 514 cm³/mol. The summed E-state index contributed by atoms with van der Waals surface area (Å²) in [6.07, 6.45) is 0. The van der Waals surface area contributed by atoms with Gasteiger partial charge < -0.3 is 80.4 Å². The molecule has 0 saturated carbocycles. The van der Waals surface area contributed by atoms with Crippen LogP contribution in [-0.4, -0.2) is 302 Å². The zero-order chi connectivity index (χ0) is 87.4. The van der Waals surface area contributed by atoms with E-state index in [9.17, 15) is 0 Å². The first kappa shape index (κ1) is 98.3. The average molecular weight is 1750 g/mol. The van der Waals surface area contributed by atoms with Gasteiger partial charge in [-0.05, 0) is 89.0 Å². The molecule has 0 spiro atoms. The molecule has 24 nitrogen and oxygen atoms in total. The zero-order valence-corrected chi connectivity index (χ0v) is 76.9. The second-order valence-corrected chi connectivity index (χ2v) is 35.1. The average Bonchev–Trinajstić information content (AvgIpc) is 0.851. The number of rotatable bonds is 0. The van der Waals surface area contributed by atoms with Crippen molar-refractivity contribution in [2.45, 2.75) is 105 Å². The largest absolute Gasteiger partial charge is 0.378 e. The van der Waals surface area contributed by atoms with Crippen molar-refractivity contribution < 1.29 is 37.9 Å². The highest BCUT2D eigenvalue weighted by atomic mass is 16.5. The number of nitrogens with one attached hydrogen (secondary N) is 8.